The molecule has 0 aromatic heterocycles. The second-order valence-corrected chi connectivity index (χ2v) is 6.59. The maximum Gasteiger partial charge on any atom is 0.315 e. The van der Waals surface area contributed by atoms with Gasteiger partial charge in [-0.05, 0) is 19.8 Å². The molecule has 9 nitrogen and oxygen atoms in total. The van der Waals surface area contributed by atoms with Gasteiger partial charge >= 0.3 is 6.03 Å². The van der Waals surface area contributed by atoms with Crippen LogP contribution in [0.15, 0.2) is 0 Å². The van der Waals surface area contributed by atoms with Gasteiger partial charge < -0.3 is 35.9 Å². The molecule has 0 radical (unpaired) electrons. The van der Waals surface area contributed by atoms with Gasteiger partial charge in [0.1, 0.15) is 0 Å². The lowest BCUT2D eigenvalue weighted by molar-refractivity contribution is -0.121. The highest BCUT2D eigenvalue weighted by Gasteiger charge is 2.26. The Hall–Kier alpha value is -1.42. The van der Waals surface area contributed by atoms with Crippen LogP contribution in [0.5, 0.6) is 0 Å². The predicted octanol–water partition coefficient (Wildman–Crippen LogP) is 0.132. The largest absolute Gasteiger partial charge is 0.378 e. The van der Waals surface area contributed by atoms with E-state index in [1.54, 1.807) is 0 Å². The van der Waals surface area contributed by atoms with Crippen molar-refractivity contribution in [3.8, 4) is 0 Å². The molecule has 0 spiro atoms. The van der Waals surface area contributed by atoms with Crippen LogP contribution < -0.4 is 21.7 Å². The third kappa shape index (κ3) is 12.6. The predicted molar refractivity (Wildman–Crippen MR) is 103 cm³/mol. The van der Waals surface area contributed by atoms with E-state index in [-0.39, 0.29) is 24.0 Å². The van der Waals surface area contributed by atoms with Crippen LogP contribution >= 0.6 is 0 Å². The van der Waals surface area contributed by atoms with E-state index in [0.29, 0.717) is 59.2 Å². The Bertz CT molecular complexity index is 411. The highest BCUT2D eigenvalue weighted by Crippen LogP contribution is 2.11. The summed E-state index contributed by atoms with van der Waals surface area (Å²) in [6.07, 6.45) is 4.31. The molecule has 9 heteroatoms. The van der Waals surface area contributed by atoms with Crippen molar-refractivity contribution in [3.63, 3.8) is 0 Å². The number of nitrogens with two attached hydrogens (primary N) is 1. The molecule has 0 saturated carbocycles. The number of hydrogen-bond donors (Lipinski definition) is 4. The first-order valence-electron chi connectivity index (χ1n) is 9.90. The lowest BCUT2D eigenvalue weighted by Gasteiger charge is -2.13. The Morgan fingerprint density at radius 2 is 1.67 bits per heavy atom. The number of ether oxygens (including phenoxy) is 3. The number of nitrogens with one attached hydrogen (secondary N) is 3. The van der Waals surface area contributed by atoms with Crippen LogP contribution in [0.25, 0.3) is 0 Å². The van der Waals surface area contributed by atoms with Crippen LogP contribution in [-0.4, -0.2) is 76.8 Å². The molecule has 0 aromatic carbocycles. The van der Waals surface area contributed by atoms with Gasteiger partial charge in [0.15, 0.2) is 0 Å². The van der Waals surface area contributed by atoms with Gasteiger partial charge in [0.2, 0.25) is 5.91 Å². The molecule has 0 bridgehead atoms. The summed E-state index contributed by atoms with van der Waals surface area (Å²) in [6.45, 7) is 6.14. The average Bonchev–Trinajstić information content (AvgIpc) is 2.96. The molecule has 0 unspecified atom stereocenters. The molecule has 2 atom stereocenters. The highest BCUT2D eigenvalue weighted by atomic mass is 16.5. The van der Waals surface area contributed by atoms with Crippen molar-refractivity contribution in [2.45, 2.75) is 51.1 Å². The second kappa shape index (κ2) is 15.6. The first-order valence-corrected chi connectivity index (χ1v) is 9.90. The summed E-state index contributed by atoms with van der Waals surface area (Å²) in [4.78, 5) is 22.9. The molecule has 3 amide bonds. The van der Waals surface area contributed by atoms with E-state index in [0.717, 1.165) is 25.7 Å². The van der Waals surface area contributed by atoms with E-state index in [4.69, 9.17) is 19.9 Å². The summed E-state index contributed by atoms with van der Waals surface area (Å²) in [5.74, 6) is 0.0520. The van der Waals surface area contributed by atoms with Crippen LogP contribution in [0.4, 0.5) is 4.79 Å². The zero-order valence-electron chi connectivity index (χ0n) is 16.5. The Kier molecular flexibility index (Phi) is 13.7. The number of urea groups is 1. The third-order valence-corrected chi connectivity index (χ3v) is 4.27. The van der Waals surface area contributed by atoms with Crippen molar-refractivity contribution < 1.29 is 23.8 Å². The number of amides is 3. The molecule has 1 fully saturated rings. The molecular formula is C18H36N4O5. The zero-order valence-corrected chi connectivity index (χ0v) is 16.5. The van der Waals surface area contributed by atoms with Crippen LogP contribution in [-0.2, 0) is 19.0 Å². The maximum atomic E-state index is 11.7. The molecule has 158 valence electrons. The fraction of sp³-hybridized carbons (Fsp3) is 0.889. The number of hydrogen-bond acceptors (Lipinski definition) is 6. The van der Waals surface area contributed by atoms with Crippen molar-refractivity contribution >= 4 is 11.9 Å². The number of rotatable bonds is 17. The first-order chi connectivity index (χ1) is 13.1. The SMILES string of the molecule is C[C@@H]1NC(=O)N[C@@H]1CCCCCC(=O)NCCOCCOCCOCCN. The summed E-state index contributed by atoms with van der Waals surface area (Å²) in [7, 11) is 0. The summed E-state index contributed by atoms with van der Waals surface area (Å²) in [5, 5.41) is 8.59. The molecule has 0 aliphatic carbocycles. The van der Waals surface area contributed by atoms with Gasteiger partial charge in [-0.3, -0.25) is 4.79 Å². The quantitative estimate of drug-likeness (QED) is 0.263. The normalized spacial score (nSPS) is 19.0. The fourth-order valence-corrected chi connectivity index (χ4v) is 2.77. The van der Waals surface area contributed by atoms with E-state index < -0.39 is 0 Å². The summed E-state index contributed by atoms with van der Waals surface area (Å²) < 4.78 is 15.9. The van der Waals surface area contributed by atoms with E-state index in [9.17, 15) is 9.59 Å². The summed E-state index contributed by atoms with van der Waals surface area (Å²) in [5.41, 5.74) is 5.30. The topological polar surface area (TPSA) is 124 Å². The number of carbonyl (C=O) groups is 2. The molecule has 1 rings (SSSR count). The fourth-order valence-electron chi connectivity index (χ4n) is 2.77. The van der Waals surface area contributed by atoms with Gasteiger partial charge in [-0.1, -0.05) is 12.8 Å². The molecular weight excluding hydrogens is 352 g/mol. The van der Waals surface area contributed by atoms with Crippen molar-refractivity contribution in [1.82, 2.24) is 16.0 Å². The number of carbonyl (C=O) groups excluding carboxylic acids is 2. The Morgan fingerprint density at radius 1 is 1.00 bits per heavy atom. The van der Waals surface area contributed by atoms with Crippen molar-refractivity contribution in [2.75, 3.05) is 52.7 Å². The van der Waals surface area contributed by atoms with E-state index in [2.05, 4.69) is 16.0 Å². The van der Waals surface area contributed by atoms with Crippen LogP contribution in [0.3, 0.4) is 0 Å². The molecule has 1 aliphatic heterocycles. The van der Waals surface area contributed by atoms with Crippen molar-refractivity contribution in [3.05, 3.63) is 0 Å². The molecule has 0 aromatic rings. The molecule has 5 N–H and O–H groups in total. The summed E-state index contributed by atoms with van der Waals surface area (Å²) >= 11 is 0. The van der Waals surface area contributed by atoms with Gasteiger partial charge in [0, 0.05) is 25.6 Å². The molecule has 1 heterocycles. The van der Waals surface area contributed by atoms with Gasteiger partial charge in [0.05, 0.1) is 45.7 Å². The van der Waals surface area contributed by atoms with Crippen LogP contribution in [0.2, 0.25) is 0 Å². The Balaban J connectivity index is 1.80. The Labute approximate surface area is 162 Å². The molecule has 27 heavy (non-hydrogen) atoms. The number of unbranched alkanes of at least 4 members (excludes halogenated alkanes) is 2. The highest BCUT2D eigenvalue weighted by molar-refractivity contribution is 5.77. The Morgan fingerprint density at radius 3 is 2.30 bits per heavy atom. The molecule has 1 aliphatic rings. The standard InChI is InChI=1S/C18H36N4O5/c1-15-16(22-18(24)21-15)5-3-2-4-6-17(23)20-8-10-26-12-14-27-13-11-25-9-7-19/h15-16H,2-14,19H2,1H3,(H,20,23)(H2,21,22,24)/t15-,16+/m0/s1. The smallest absolute Gasteiger partial charge is 0.315 e. The van der Waals surface area contributed by atoms with Crippen LogP contribution in [0.1, 0.15) is 39.0 Å². The maximum absolute atomic E-state index is 11.7. The van der Waals surface area contributed by atoms with Gasteiger partial charge in [-0.2, -0.15) is 0 Å². The van der Waals surface area contributed by atoms with E-state index >= 15 is 0 Å². The second-order valence-electron chi connectivity index (χ2n) is 6.59. The van der Waals surface area contributed by atoms with Crippen molar-refractivity contribution in [2.24, 2.45) is 5.73 Å². The average molecular weight is 389 g/mol. The van der Waals surface area contributed by atoms with Gasteiger partial charge in [-0.15, -0.1) is 0 Å². The third-order valence-electron chi connectivity index (χ3n) is 4.27. The lowest BCUT2D eigenvalue weighted by Crippen LogP contribution is -2.30. The minimum Gasteiger partial charge on any atom is -0.378 e. The monoisotopic (exact) mass is 388 g/mol. The minimum atomic E-state index is -0.0859. The van der Waals surface area contributed by atoms with Gasteiger partial charge in [-0.25, -0.2) is 4.79 Å². The first kappa shape index (κ1) is 23.6. The summed E-state index contributed by atoms with van der Waals surface area (Å²) in [6, 6.07) is 0.291. The van der Waals surface area contributed by atoms with Gasteiger partial charge in [0.25, 0.3) is 0 Å². The molecule has 1 saturated heterocycles. The van der Waals surface area contributed by atoms with Crippen molar-refractivity contribution in [1.29, 1.82) is 0 Å². The van der Waals surface area contributed by atoms with Crippen LogP contribution in [0, 0.1) is 0 Å². The zero-order chi connectivity index (χ0) is 19.7. The lowest BCUT2D eigenvalue weighted by atomic mass is 10.0. The van der Waals surface area contributed by atoms with E-state index in [1.807, 2.05) is 6.92 Å². The minimum absolute atomic E-state index is 0.0520. The van der Waals surface area contributed by atoms with E-state index in [1.165, 1.54) is 0 Å².